The van der Waals surface area contributed by atoms with E-state index in [-0.39, 0.29) is 6.10 Å². The number of piperidine rings is 1. The van der Waals surface area contributed by atoms with Gasteiger partial charge >= 0.3 is 6.09 Å². The van der Waals surface area contributed by atoms with Crippen molar-refractivity contribution in [3.05, 3.63) is 0 Å². The molecule has 1 saturated carbocycles. The van der Waals surface area contributed by atoms with Crippen molar-refractivity contribution in [1.29, 1.82) is 0 Å². The monoisotopic (exact) mass is 291 g/mol. The molecule has 0 aromatic heterocycles. The summed E-state index contributed by atoms with van der Waals surface area (Å²) < 4.78 is 5.95. The van der Waals surface area contributed by atoms with Crippen LogP contribution >= 0.6 is 15.9 Å². The predicted molar refractivity (Wildman–Crippen MR) is 64.0 cm³/mol. The van der Waals surface area contributed by atoms with Crippen LogP contribution in [0.15, 0.2) is 0 Å². The van der Waals surface area contributed by atoms with Crippen molar-refractivity contribution in [2.75, 3.05) is 18.4 Å². The van der Waals surface area contributed by atoms with Crippen LogP contribution in [0.4, 0.5) is 4.79 Å². The lowest BCUT2D eigenvalue weighted by molar-refractivity contribution is -0.0874. The Morgan fingerprint density at radius 2 is 1.94 bits per heavy atom. The van der Waals surface area contributed by atoms with E-state index in [1.807, 2.05) is 0 Å². The summed E-state index contributed by atoms with van der Waals surface area (Å²) in [6, 6.07) is 0. The zero-order chi connectivity index (χ0) is 11.5. The van der Waals surface area contributed by atoms with Crippen LogP contribution in [0.3, 0.4) is 0 Å². The van der Waals surface area contributed by atoms with Gasteiger partial charge in [-0.05, 0) is 31.6 Å². The summed E-state index contributed by atoms with van der Waals surface area (Å²) in [6.45, 7) is 1.24. The van der Waals surface area contributed by atoms with E-state index in [4.69, 9.17) is 9.84 Å². The Morgan fingerprint density at radius 1 is 1.31 bits per heavy atom. The third-order valence-electron chi connectivity index (χ3n) is 3.51. The van der Waals surface area contributed by atoms with E-state index in [0.29, 0.717) is 19.2 Å². The van der Waals surface area contributed by atoms with E-state index in [1.165, 1.54) is 4.90 Å². The summed E-state index contributed by atoms with van der Waals surface area (Å²) in [5.41, 5.74) is 0. The Morgan fingerprint density at radius 3 is 2.44 bits per heavy atom. The fraction of sp³-hybridized carbons (Fsp3) is 0.909. The maximum absolute atomic E-state index is 10.7. The molecule has 92 valence electrons. The largest absolute Gasteiger partial charge is 0.465 e. The molecule has 2 fully saturated rings. The van der Waals surface area contributed by atoms with Crippen molar-refractivity contribution in [1.82, 2.24) is 4.90 Å². The van der Waals surface area contributed by atoms with Gasteiger partial charge in [-0.3, -0.25) is 0 Å². The molecule has 0 radical (unpaired) electrons. The van der Waals surface area contributed by atoms with Crippen LogP contribution in [0.2, 0.25) is 0 Å². The molecule has 0 aromatic rings. The highest BCUT2D eigenvalue weighted by Gasteiger charge is 2.32. The highest BCUT2D eigenvalue weighted by Crippen LogP contribution is 2.33. The molecule has 2 rings (SSSR count). The average molecular weight is 292 g/mol. The van der Waals surface area contributed by atoms with Crippen molar-refractivity contribution in [3.8, 4) is 0 Å². The van der Waals surface area contributed by atoms with Crippen LogP contribution in [0.25, 0.3) is 0 Å². The number of rotatable bonds is 3. The molecule has 1 N–H and O–H groups in total. The van der Waals surface area contributed by atoms with Gasteiger partial charge in [0, 0.05) is 18.4 Å². The number of halogens is 1. The summed E-state index contributed by atoms with van der Waals surface area (Å²) >= 11 is 3.48. The molecule has 1 amide bonds. The van der Waals surface area contributed by atoms with Crippen molar-refractivity contribution in [3.63, 3.8) is 0 Å². The predicted octanol–water partition coefficient (Wildman–Crippen LogP) is 2.32. The Kier molecular flexibility index (Phi) is 4.08. The van der Waals surface area contributed by atoms with E-state index >= 15 is 0 Å². The van der Waals surface area contributed by atoms with Crippen LogP contribution in [0.1, 0.15) is 25.7 Å². The summed E-state index contributed by atoms with van der Waals surface area (Å²) in [5, 5.41) is 9.88. The molecule has 0 bridgehead atoms. The van der Waals surface area contributed by atoms with E-state index < -0.39 is 6.09 Å². The number of amides is 1. The first-order chi connectivity index (χ1) is 7.69. The zero-order valence-electron chi connectivity index (χ0n) is 9.27. The second-order valence-corrected chi connectivity index (χ2v) is 5.37. The maximum atomic E-state index is 10.7. The second kappa shape index (κ2) is 5.36. The minimum Gasteiger partial charge on any atom is -0.465 e. The van der Waals surface area contributed by atoms with Crippen LogP contribution in [0.5, 0.6) is 0 Å². The summed E-state index contributed by atoms with van der Waals surface area (Å²) in [5.74, 6) is 0.782. The molecule has 0 unspecified atom stereocenters. The quantitative estimate of drug-likeness (QED) is 0.812. The molecule has 1 aliphatic carbocycles. The smallest absolute Gasteiger partial charge is 0.407 e. The third kappa shape index (κ3) is 2.88. The molecular weight excluding hydrogens is 274 g/mol. The molecule has 1 saturated heterocycles. The van der Waals surface area contributed by atoms with Crippen molar-refractivity contribution < 1.29 is 14.6 Å². The van der Waals surface area contributed by atoms with E-state index in [2.05, 4.69) is 15.9 Å². The topological polar surface area (TPSA) is 49.8 Å². The highest BCUT2D eigenvalue weighted by molar-refractivity contribution is 9.09. The summed E-state index contributed by atoms with van der Waals surface area (Å²) in [7, 11) is 0. The Bertz CT molecular complexity index is 248. The molecule has 5 heteroatoms. The number of carbonyl (C=O) groups is 1. The molecule has 0 atom stereocenters. The molecule has 4 nitrogen and oxygen atoms in total. The van der Waals surface area contributed by atoms with E-state index in [9.17, 15) is 4.79 Å². The normalized spacial score (nSPS) is 31.2. The van der Waals surface area contributed by atoms with E-state index in [0.717, 1.165) is 36.9 Å². The van der Waals surface area contributed by atoms with Gasteiger partial charge in [0.15, 0.2) is 0 Å². The highest BCUT2D eigenvalue weighted by atomic mass is 79.9. The fourth-order valence-corrected chi connectivity index (χ4v) is 2.90. The van der Waals surface area contributed by atoms with Gasteiger partial charge in [-0.25, -0.2) is 4.79 Å². The zero-order valence-corrected chi connectivity index (χ0v) is 10.9. The number of alkyl halides is 1. The maximum Gasteiger partial charge on any atom is 0.407 e. The van der Waals surface area contributed by atoms with Crippen LogP contribution < -0.4 is 0 Å². The number of likely N-dealkylation sites (tertiary alicyclic amines) is 1. The lowest BCUT2D eigenvalue weighted by Crippen LogP contribution is -2.43. The number of nitrogens with zero attached hydrogens (tertiary/aromatic N) is 1. The van der Waals surface area contributed by atoms with Gasteiger partial charge < -0.3 is 14.7 Å². The first-order valence-electron chi connectivity index (χ1n) is 5.88. The number of ether oxygens (including phenoxy) is 1. The van der Waals surface area contributed by atoms with Gasteiger partial charge in [0.05, 0.1) is 12.2 Å². The van der Waals surface area contributed by atoms with Gasteiger partial charge in [-0.2, -0.15) is 0 Å². The molecule has 1 heterocycles. The first-order valence-corrected chi connectivity index (χ1v) is 7.00. The van der Waals surface area contributed by atoms with Crippen LogP contribution in [-0.2, 0) is 4.74 Å². The molecule has 1 aliphatic heterocycles. The molecular formula is C11H18BrNO3. The Balaban J connectivity index is 1.64. The van der Waals surface area contributed by atoms with Gasteiger partial charge in [0.25, 0.3) is 0 Å². The number of hydrogen-bond donors (Lipinski definition) is 1. The summed E-state index contributed by atoms with van der Waals surface area (Å²) in [4.78, 5) is 12.2. The Labute approximate surface area is 104 Å². The standard InChI is InChI=1S/C11H18BrNO3/c12-7-8-5-10(6-8)16-9-1-3-13(4-2-9)11(14)15/h8-10H,1-7H2,(H,14,15). The van der Waals surface area contributed by atoms with Gasteiger partial charge in [0.2, 0.25) is 0 Å². The van der Waals surface area contributed by atoms with E-state index in [1.54, 1.807) is 0 Å². The van der Waals surface area contributed by atoms with Crippen LogP contribution in [0, 0.1) is 5.92 Å². The second-order valence-electron chi connectivity index (χ2n) is 4.72. The van der Waals surface area contributed by atoms with Crippen molar-refractivity contribution in [2.45, 2.75) is 37.9 Å². The third-order valence-corrected chi connectivity index (χ3v) is 4.42. The molecule has 16 heavy (non-hydrogen) atoms. The molecule has 2 aliphatic rings. The minimum atomic E-state index is -0.804. The van der Waals surface area contributed by atoms with Gasteiger partial charge in [-0.1, -0.05) is 15.9 Å². The lowest BCUT2D eigenvalue weighted by atomic mass is 9.84. The summed E-state index contributed by atoms with van der Waals surface area (Å²) in [6.07, 6.45) is 3.90. The fourth-order valence-electron chi connectivity index (χ4n) is 2.37. The number of carboxylic acid groups (broad SMARTS) is 1. The van der Waals surface area contributed by atoms with Gasteiger partial charge in [-0.15, -0.1) is 0 Å². The van der Waals surface area contributed by atoms with Gasteiger partial charge in [0.1, 0.15) is 0 Å². The lowest BCUT2D eigenvalue weighted by Gasteiger charge is -2.39. The van der Waals surface area contributed by atoms with Crippen LogP contribution in [-0.4, -0.2) is 46.7 Å². The first kappa shape index (κ1) is 12.2. The van der Waals surface area contributed by atoms with Crippen molar-refractivity contribution in [2.24, 2.45) is 5.92 Å². The SMILES string of the molecule is O=C(O)N1CCC(OC2CC(CBr)C2)CC1. The average Bonchev–Trinajstić information content (AvgIpc) is 2.23. The Hall–Kier alpha value is -0.290. The number of hydrogen-bond acceptors (Lipinski definition) is 2. The van der Waals surface area contributed by atoms with Crippen molar-refractivity contribution >= 4 is 22.0 Å². The molecule has 0 aromatic carbocycles. The molecule has 0 spiro atoms. The minimum absolute atomic E-state index is 0.275.